The van der Waals surface area contributed by atoms with Gasteiger partial charge in [-0.2, -0.15) is 0 Å². The van der Waals surface area contributed by atoms with Crippen molar-refractivity contribution in [3.63, 3.8) is 0 Å². The van der Waals surface area contributed by atoms with Gasteiger partial charge in [-0.3, -0.25) is 4.90 Å². The zero-order chi connectivity index (χ0) is 12.9. The number of nitrogens with zero attached hydrogens (tertiary/aromatic N) is 4. The Labute approximate surface area is 115 Å². The van der Waals surface area contributed by atoms with E-state index in [1.54, 1.807) is 0 Å². The van der Waals surface area contributed by atoms with Crippen LogP contribution in [0.4, 0.5) is 5.95 Å². The lowest BCUT2D eigenvalue weighted by Crippen LogP contribution is -2.48. The van der Waals surface area contributed by atoms with Crippen LogP contribution in [0.3, 0.4) is 0 Å². The van der Waals surface area contributed by atoms with Crippen LogP contribution in [0.5, 0.6) is 0 Å². The Kier molecular flexibility index (Phi) is 4.08. The fourth-order valence-corrected chi connectivity index (χ4v) is 2.97. The fraction of sp³-hybridized carbons (Fsp3) is 0.600. The molecular weight excluding hydrogens is 236 g/mol. The third-order valence-corrected chi connectivity index (χ3v) is 4.10. The molecule has 1 aromatic heterocycles. The number of piperazine rings is 1. The van der Waals surface area contributed by atoms with E-state index >= 15 is 0 Å². The van der Waals surface area contributed by atoms with Crippen molar-refractivity contribution in [1.29, 1.82) is 0 Å². The zero-order valence-corrected chi connectivity index (χ0v) is 11.4. The number of allylic oxidation sites excluding steroid dienone is 2. The van der Waals surface area contributed by atoms with Crippen molar-refractivity contribution in [2.24, 2.45) is 5.92 Å². The maximum Gasteiger partial charge on any atom is 0.225 e. The number of anilines is 1. The van der Waals surface area contributed by atoms with Crippen LogP contribution >= 0.6 is 0 Å². The van der Waals surface area contributed by atoms with Gasteiger partial charge in [-0.05, 0) is 31.2 Å². The van der Waals surface area contributed by atoms with Crippen LogP contribution in [0.15, 0.2) is 30.6 Å². The molecule has 1 saturated heterocycles. The largest absolute Gasteiger partial charge is 0.338 e. The first kappa shape index (κ1) is 12.6. The Morgan fingerprint density at radius 1 is 1.05 bits per heavy atom. The molecule has 2 heterocycles. The van der Waals surface area contributed by atoms with Crippen molar-refractivity contribution < 1.29 is 0 Å². The average molecular weight is 258 g/mol. The lowest BCUT2D eigenvalue weighted by atomic mass is 9.94. The van der Waals surface area contributed by atoms with E-state index in [0.29, 0.717) is 0 Å². The summed E-state index contributed by atoms with van der Waals surface area (Å²) < 4.78 is 0. The fourth-order valence-electron chi connectivity index (χ4n) is 2.97. The molecule has 0 spiro atoms. The van der Waals surface area contributed by atoms with Gasteiger partial charge in [-0.15, -0.1) is 0 Å². The first-order chi connectivity index (χ1) is 9.42. The van der Waals surface area contributed by atoms with Crippen molar-refractivity contribution in [2.45, 2.75) is 19.3 Å². The summed E-state index contributed by atoms with van der Waals surface area (Å²) in [6.45, 7) is 5.63. The van der Waals surface area contributed by atoms with E-state index in [2.05, 4.69) is 31.9 Å². The average Bonchev–Trinajstić information content (AvgIpc) is 2.50. The Hall–Kier alpha value is -1.42. The van der Waals surface area contributed by atoms with Crippen molar-refractivity contribution in [2.75, 3.05) is 37.6 Å². The van der Waals surface area contributed by atoms with E-state index < -0.39 is 0 Å². The maximum absolute atomic E-state index is 4.33. The lowest BCUT2D eigenvalue weighted by molar-refractivity contribution is 0.211. The highest BCUT2D eigenvalue weighted by atomic mass is 15.3. The van der Waals surface area contributed by atoms with Crippen LogP contribution in [0.1, 0.15) is 19.3 Å². The van der Waals surface area contributed by atoms with Crippen LogP contribution in [0, 0.1) is 5.92 Å². The minimum atomic E-state index is 0.865. The van der Waals surface area contributed by atoms with E-state index in [9.17, 15) is 0 Å². The number of aromatic nitrogens is 2. The first-order valence-electron chi connectivity index (χ1n) is 7.31. The van der Waals surface area contributed by atoms with Gasteiger partial charge in [-0.25, -0.2) is 9.97 Å². The van der Waals surface area contributed by atoms with Gasteiger partial charge in [0.05, 0.1) is 0 Å². The van der Waals surface area contributed by atoms with E-state index in [1.165, 1.54) is 25.8 Å². The van der Waals surface area contributed by atoms with Crippen LogP contribution in [0.2, 0.25) is 0 Å². The van der Waals surface area contributed by atoms with E-state index in [-0.39, 0.29) is 0 Å². The summed E-state index contributed by atoms with van der Waals surface area (Å²) in [5, 5.41) is 0. The van der Waals surface area contributed by atoms with E-state index in [4.69, 9.17) is 0 Å². The normalized spacial score (nSPS) is 24.6. The van der Waals surface area contributed by atoms with Crippen LogP contribution < -0.4 is 4.90 Å². The predicted octanol–water partition coefficient (Wildman–Crippen LogP) is 1.95. The van der Waals surface area contributed by atoms with Gasteiger partial charge >= 0.3 is 0 Å². The van der Waals surface area contributed by atoms with Gasteiger partial charge in [-0.1, -0.05) is 12.2 Å². The highest BCUT2D eigenvalue weighted by molar-refractivity contribution is 5.29. The topological polar surface area (TPSA) is 32.3 Å². The molecule has 0 aromatic carbocycles. The predicted molar refractivity (Wildman–Crippen MR) is 77.2 cm³/mol. The molecule has 4 heteroatoms. The molecule has 1 fully saturated rings. The Bertz CT molecular complexity index is 409. The van der Waals surface area contributed by atoms with Gasteiger partial charge in [0.1, 0.15) is 0 Å². The summed E-state index contributed by atoms with van der Waals surface area (Å²) in [5.41, 5.74) is 0. The molecule has 4 nitrogen and oxygen atoms in total. The second-order valence-corrected chi connectivity index (χ2v) is 5.49. The SMILES string of the molecule is C1=CC[C@H](CN2CCN(c3ncccn3)CC2)CC1. The van der Waals surface area contributed by atoms with E-state index in [0.717, 1.165) is 38.0 Å². The molecule has 0 N–H and O–H groups in total. The molecule has 0 radical (unpaired) electrons. The molecule has 0 unspecified atom stereocenters. The molecule has 2 aliphatic rings. The maximum atomic E-state index is 4.33. The van der Waals surface area contributed by atoms with Crippen molar-refractivity contribution in [1.82, 2.24) is 14.9 Å². The van der Waals surface area contributed by atoms with Crippen molar-refractivity contribution in [3.05, 3.63) is 30.6 Å². The third-order valence-electron chi connectivity index (χ3n) is 4.10. The monoisotopic (exact) mass is 258 g/mol. The third kappa shape index (κ3) is 3.32. The molecule has 1 aromatic rings. The van der Waals surface area contributed by atoms with Crippen LogP contribution in [-0.4, -0.2) is 47.6 Å². The van der Waals surface area contributed by atoms with Crippen LogP contribution in [-0.2, 0) is 0 Å². The lowest BCUT2D eigenvalue weighted by Gasteiger charge is -2.36. The highest BCUT2D eigenvalue weighted by Crippen LogP contribution is 2.20. The van der Waals surface area contributed by atoms with Gasteiger partial charge in [0, 0.05) is 45.1 Å². The smallest absolute Gasteiger partial charge is 0.225 e. The quantitative estimate of drug-likeness (QED) is 0.776. The van der Waals surface area contributed by atoms with Gasteiger partial charge in [0.15, 0.2) is 0 Å². The molecule has 19 heavy (non-hydrogen) atoms. The Balaban J connectivity index is 1.48. The van der Waals surface area contributed by atoms with Gasteiger partial charge in [0.25, 0.3) is 0 Å². The van der Waals surface area contributed by atoms with E-state index in [1.807, 2.05) is 18.5 Å². The number of rotatable bonds is 3. The summed E-state index contributed by atoms with van der Waals surface area (Å²) in [5.74, 6) is 1.74. The van der Waals surface area contributed by atoms with Crippen molar-refractivity contribution >= 4 is 5.95 Å². The summed E-state index contributed by atoms with van der Waals surface area (Å²) in [6.07, 6.45) is 12.2. The first-order valence-corrected chi connectivity index (χ1v) is 7.31. The molecule has 3 rings (SSSR count). The molecule has 1 aliphatic heterocycles. The second kappa shape index (κ2) is 6.15. The number of hydrogen-bond donors (Lipinski definition) is 0. The summed E-state index contributed by atoms with van der Waals surface area (Å²) >= 11 is 0. The second-order valence-electron chi connectivity index (χ2n) is 5.49. The summed E-state index contributed by atoms with van der Waals surface area (Å²) in [4.78, 5) is 13.6. The molecule has 0 amide bonds. The number of hydrogen-bond acceptors (Lipinski definition) is 4. The minimum Gasteiger partial charge on any atom is -0.338 e. The molecular formula is C15H22N4. The van der Waals surface area contributed by atoms with Gasteiger partial charge < -0.3 is 4.90 Å². The van der Waals surface area contributed by atoms with Gasteiger partial charge in [0.2, 0.25) is 5.95 Å². The van der Waals surface area contributed by atoms with Crippen molar-refractivity contribution in [3.8, 4) is 0 Å². The van der Waals surface area contributed by atoms with Crippen LogP contribution in [0.25, 0.3) is 0 Å². The standard InChI is InChI=1S/C15H22N4/c1-2-5-14(6-3-1)13-18-9-11-19(12-10-18)15-16-7-4-8-17-15/h1-2,4,7-8,14H,3,5-6,9-13H2/t14-/m0/s1. The Morgan fingerprint density at radius 3 is 2.53 bits per heavy atom. The minimum absolute atomic E-state index is 0.865. The molecule has 0 bridgehead atoms. The Morgan fingerprint density at radius 2 is 1.84 bits per heavy atom. The highest BCUT2D eigenvalue weighted by Gasteiger charge is 2.21. The summed E-state index contributed by atoms with van der Waals surface area (Å²) in [7, 11) is 0. The molecule has 0 saturated carbocycles. The molecule has 1 aliphatic carbocycles. The molecule has 1 atom stereocenters. The summed E-state index contributed by atoms with van der Waals surface area (Å²) in [6, 6.07) is 1.87. The zero-order valence-electron chi connectivity index (χ0n) is 11.4. The molecule has 102 valence electrons.